The average Bonchev–Trinajstić information content (AvgIpc) is 1.99. The maximum Gasteiger partial charge on any atom is 0.0747 e. The quantitative estimate of drug-likeness (QED) is 0.615. The fourth-order valence-electron chi connectivity index (χ4n) is 0.713. The van der Waals surface area contributed by atoms with Gasteiger partial charge in [-0.3, -0.25) is 0 Å². The zero-order valence-corrected chi connectivity index (χ0v) is 7.43. The molecule has 0 bridgehead atoms. The van der Waals surface area contributed by atoms with Crippen LogP contribution in [0.2, 0.25) is 0 Å². The molecule has 0 aliphatic carbocycles. The fraction of sp³-hybridized carbons (Fsp3) is 0.500. The molecule has 11 heavy (non-hydrogen) atoms. The fourth-order valence-corrected chi connectivity index (χ4v) is 0.713. The molecule has 0 aromatic rings. The van der Waals surface area contributed by atoms with Crippen LogP contribution in [0.4, 0.5) is 0 Å². The topological polar surface area (TPSA) is 20.2 Å². The van der Waals surface area contributed by atoms with E-state index in [0.29, 0.717) is 0 Å². The van der Waals surface area contributed by atoms with Crippen LogP contribution in [0.15, 0.2) is 23.8 Å². The van der Waals surface area contributed by atoms with Crippen molar-refractivity contribution in [2.24, 2.45) is 0 Å². The summed E-state index contributed by atoms with van der Waals surface area (Å²) in [5, 5.41) is 9.32. The number of hydrogen-bond acceptors (Lipinski definition) is 1. The van der Waals surface area contributed by atoms with Crippen LogP contribution in [0.5, 0.6) is 0 Å². The monoisotopic (exact) mass is 153 g/mol. The predicted octanol–water partition coefficient (Wildman–Crippen LogP) is 2.48. The summed E-state index contributed by atoms with van der Waals surface area (Å²) >= 11 is 0. The van der Waals surface area contributed by atoms with Gasteiger partial charge >= 0.3 is 0 Å². The van der Waals surface area contributed by atoms with Crippen LogP contribution in [0, 0.1) is 6.92 Å². The number of aliphatic hydroxyl groups is 1. The van der Waals surface area contributed by atoms with Crippen molar-refractivity contribution >= 4 is 0 Å². The Morgan fingerprint density at radius 3 is 2.45 bits per heavy atom. The summed E-state index contributed by atoms with van der Waals surface area (Å²) in [4.78, 5) is 0. The maximum absolute atomic E-state index is 9.32. The van der Waals surface area contributed by atoms with Gasteiger partial charge in [0.2, 0.25) is 0 Å². The van der Waals surface area contributed by atoms with Crippen molar-refractivity contribution in [3.8, 4) is 0 Å². The first-order chi connectivity index (χ1) is 5.07. The molecule has 0 aliphatic rings. The molecule has 0 heterocycles. The zero-order chi connectivity index (χ0) is 8.85. The van der Waals surface area contributed by atoms with Crippen molar-refractivity contribution in [1.29, 1.82) is 0 Å². The first-order valence-electron chi connectivity index (χ1n) is 3.86. The maximum atomic E-state index is 9.32. The van der Waals surface area contributed by atoms with Crippen molar-refractivity contribution in [3.63, 3.8) is 0 Å². The molecule has 0 aromatic heterocycles. The first kappa shape index (κ1) is 10.4. The largest absolute Gasteiger partial charge is 0.389 e. The lowest BCUT2D eigenvalue weighted by atomic mass is 10.0. The Balaban J connectivity index is 3.62. The number of allylic oxidation sites excluding steroid dienone is 2. The Hall–Kier alpha value is -0.560. The molecule has 0 aliphatic heterocycles. The highest BCUT2D eigenvalue weighted by Gasteiger charge is 2.03. The van der Waals surface area contributed by atoms with E-state index in [2.05, 4.69) is 13.5 Å². The van der Waals surface area contributed by atoms with Gasteiger partial charge in [0, 0.05) is 0 Å². The minimum Gasteiger partial charge on any atom is -0.389 e. The van der Waals surface area contributed by atoms with Crippen molar-refractivity contribution in [2.75, 3.05) is 0 Å². The van der Waals surface area contributed by atoms with Crippen LogP contribution >= 0.6 is 0 Å². The molecule has 0 saturated heterocycles. The number of aliphatic hydroxyl groups excluding tert-OH is 1. The van der Waals surface area contributed by atoms with Crippen molar-refractivity contribution < 1.29 is 5.11 Å². The Labute approximate surface area is 69.4 Å². The lowest BCUT2D eigenvalue weighted by Crippen LogP contribution is -2.06. The Morgan fingerprint density at radius 1 is 1.55 bits per heavy atom. The summed E-state index contributed by atoms with van der Waals surface area (Å²) in [6, 6.07) is 0. The highest BCUT2D eigenvalue weighted by Crippen LogP contribution is 2.10. The van der Waals surface area contributed by atoms with E-state index in [1.54, 1.807) is 0 Å². The Bertz CT molecular complexity index is 156. The van der Waals surface area contributed by atoms with Gasteiger partial charge in [0.25, 0.3) is 0 Å². The number of rotatable bonds is 4. The highest BCUT2D eigenvalue weighted by atomic mass is 16.3. The molecule has 0 fully saturated rings. The molecule has 63 valence electrons. The van der Waals surface area contributed by atoms with Gasteiger partial charge in [-0.1, -0.05) is 23.8 Å². The SMILES string of the molecule is [CH2]/C=C(\C)CCC(O)C(=C)C. The van der Waals surface area contributed by atoms with E-state index < -0.39 is 0 Å². The lowest BCUT2D eigenvalue weighted by molar-refractivity contribution is 0.201. The summed E-state index contributed by atoms with van der Waals surface area (Å²) in [6.07, 6.45) is 3.13. The molecule has 1 atom stereocenters. The standard InChI is InChI=1S/C10H17O/c1-5-9(4)6-7-10(11)8(2)3/h5,10-11H,1-2,6-7H2,3-4H3/b9-5+. The van der Waals surface area contributed by atoms with Crippen molar-refractivity contribution in [1.82, 2.24) is 0 Å². The van der Waals surface area contributed by atoms with Gasteiger partial charge in [0.05, 0.1) is 6.10 Å². The third kappa shape index (κ3) is 4.79. The molecule has 0 spiro atoms. The van der Waals surface area contributed by atoms with Gasteiger partial charge in [-0.05, 0) is 33.6 Å². The number of hydrogen-bond donors (Lipinski definition) is 1. The second kappa shape index (κ2) is 5.14. The third-order valence-corrected chi connectivity index (χ3v) is 1.73. The normalized spacial score (nSPS) is 14.7. The lowest BCUT2D eigenvalue weighted by Gasteiger charge is -2.09. The Kier molecular flexibility index (Phi) is 4.88. The summed E-state index contributed by atoms with van der Waals surface area (Å²) in [5.74, 6) is 0. The van der Waals surface area contributed by atoms with Gasteiger partial charge in [0.1, 0.15) is 0 Å². The van der Waals surface area contributed by atoms with Crippen LogP contribution < -0.4 is 0 Å². The molecule has 0 rings (SSSR count). The van der Waals surface area contributed by atoms with E-state index in [1.165, 1.54) is 5.57 Å². The van der Waals surface area contributed by atoms with Gasteiger partial charge < -0.3 is 5.11 Å². The zero-order valence-electron chi connectivity index (χ0n) is 7.43. The van der Waals surface area contributed by atoms with Crippen molar-refractivity contribution in [2.45, 2.75) is 32.8 Å². The molecule has 0 amide bonds. The third-order valence-electron chi connectivity index (χ3n) is 1.73. The second-order valence-corrected chi connectivity index (χ2v) is 2.95. The first-order valence-corrected chi connectivity index (χ1v) is 3.86. The molecule has 1 radical (unpaired) electrons. The van der Waals surface area contributed by atoms with Gasteiger partial charge in [-0.15, -0.1) is 0 Å². The Morgan fingerprint density at radius 2 is 2.09 bits per heavy atom. The molecular formula is C10H17O. The van der Waals surface area contributed by atoms with E-state index in [0.717, 1.165) is 18.4 Å². The minimum atomic E-state index is -0.357. The molecular weight excluding hydrogens is 136 g/mol. The molecule has 1 unspecified atom stereocenters. The molecule has 0 aromatic carbocycles. The second-order valence-electron chi connectivity index (χ2n) is 2.95. The highest BCUT2D eigenvalue weighted by molar-refractivity contribution is 5.03. The summed E-state index contributed by atoms with van der Waals surface area (Å²) in [5.41, 5.74) is 2.05. The van der Waals surface area contributed by atoms with E-state index in [4.69, 9.17) is 0 Å². The average molecular weight is 153 g/mol. The van der Waals surface area contributed by atoms with E-state index in [9.17, 15) is 5.11 Å². The van der Waals surface area contributed by atoms with Crippen LogP contribution in [0.25, 0.3) is 0 Å². The summed E-state index contributed by atoms with van der Waals surface area (Å²) in [7, 11) is 0. The smallest absolute Gasteiger partial charge is 0.0747 e. The van der Waals surface area contributed by atoms with Gasteiger partial charge in [-0.2, -0.15) is 0 Å². The summed E-state index contributed by atoms with van der Waals surface area (Å²) < 4.78 is 0. The molecule has 1 N–H and O–H groups in total. The molecule has 1 heteroatoms. The molecule has 0 saturated carbocycles. The van der Waals surface area contributed by atoms with Crippen molar-refractivity contribution in [3.05, 3.63) is 30.7 Å². The minimum absolute atomic E-state index is 0.357. The van der Waals surface area contributed by atoms with E-state index in [1.807, 2.05) is 19.9 Å². The predicted molar refractivity (Wildman–Crippen MR) is 49.2 cm³/mol. The molecule has 1 nitrogen and oxygen atoms in total. The van der Waals surface area contributed by atoms with E-state index >= 15 is 0 Å². The summed E-state index contributed by atoms with van der Waals surface area (Å²) in [6.45, 7) is 11.2. The van der Waals surface area contributed by atoms with Gasteiger partial charge in [0.15, 0.2) is 0 Å². The van der Waals surface area contributed by atoms with E-state index in [-0.39, 0.29) is 6.10 Å². The van der Waals surface area contributed by atoms with Crippen LogP contribution in [-0.4, -0.2) is 11.2 Å². The van der Waals surface area contributed by atoms with Gasteiger partial charge in [-0.25, -0.2) is 0 Å². The van der Waals surface area contributed by atoms with Crippen LogP contribution in [0.3, 0.4) is 0 Å². The van der Waals surface area contributed by atoms with Crippen LogP contribution in [-0.2, 0) is 0 Å². The van der Waals surface area contributed by atoms with Crippen LogP contribution in [0.1, 0.15) is 26.7 Å².